The van der Waals surface area contributed by atoms with Gasteiger partial charge in [0.05, 0.1) is 0 Å². The number of hydrogen-bond acceptors (Lipinski definition) is 3. The van der Waals surface area contributed by atoms with Gasteiger partial charge in [0.15, 0.2) is 0 Å². The summed E-state index contributed by atoms with van der Waals surface area (Å²) in [6, 6.07) is 12.1. The average molecular weight is 222 g/mol. The standard InChI is InChI=1S/C12H8O3.Na/c13-11(12(14)15)10-7-3-5-8-4-1-2-6-9(8)10;/h1-7H,(H,14,15);/q;+1/p-1. The van der Waals surface area contributed by atoms with Gasteiger partial charge in [0.25, 0.3) is 0 Å². The van der Waals surface area contributed by atoms with Gasteiger partial charge in [0.2, 0.25) is 5.78 Å². The summed E-state index contributed by atoms with van der Waals surface area (Å²) in [4.78, 5) is 21.8. The van der Waals surface area contributed by atoms with Crippen molar-refractivity contribution in [2.24, 2.45) is 0 Å². The van der Waals surface area contributed by atoms with Crippen molar-refractivity contribution in [2.45, 2.75) is 0 Å². The zero-order valence-corrected chi connectivity index (χ0v) is 10.8. The Balaban J connectivity index is 0.00000128. The van der Waals surface area contributed by atoms with E-state index in [2.05, 4.69) is 0 Å². The van der Waals surface area contributed by atoms with Crippen molar-refractivity contribution in [3.63, 3.8) is 0 Å². The number of benzene rings is 2. The first-order valence-electron chi connectivity index (χ1n) is 4.43. The van der Waals surface area contributed by atoms with Gasteiger partial charge in [-0.2, -0.15) is 0 Å². The first-order chi connectivity index (χ1) is 7.20. The average Bonchev–Trinajstić information content (AvgIpc) is 2.27. The van der Waals surface area contributed by atoms with Crippen LogP contribution in [0.3, 0.4) is 0 Å². The molecule has 0 aromatic heterocycles. The van der Waals surface area contributed by atoms with Crippen LogP contribution in [-0.4, -0.2) is 11.8 Å². The SMILES string of the molecule is O=C([O-])C(=O)c1cccc2ccccc12.[Na+]. The molecule has 0 radical (unpaired) electrons. The van der Waals surface area contributed by atoms with E-state index in [0.29, 0.717) is 5.39 Å². The molecule has 2 aromatic carbocycles. The van der Waals surface area contributed by atoms with Gasteiger partial charge in [-0.25, -0.2) is 0 Å². The fourth-order valence-electron chi connectivity index (χ4n) is 1.53. The second-order valence-corrected chi connectivity index (χ2v) is 3.14. The maximum Gasteiger partial charge on any atom is 1.00 e. The van der Waals surface area contributed by atoms with Crippen LogP contribution in [0.4, 0.5) is 0 Å². The molecule has 74 valence electrons. The van der Waals surface area contributed by atoms with Gasteiger partial charge in [-0.1, -0.05) is 42.5 Å². The van der Waals surface area contributed by atoms with Crippen LogP contribution >= 0.6 is 0 Å². The van der Waals surface area contributed by atoms with Gasteiger partial charge >= 0.3 is 29.6 Å². The molecule has 0 unspecified atom stereocenters. The minimum absolute atomic E-state index is 0. The smallest absolute Gasteiger partial charge is 0.541 e. The molecular formula is C12H7NaO3. The second kappa shape index (κ2) is 5.25. The molecule has 16 heavy (non-hydrogen) atoms. The van der Waals surface area contributed by atoms with Crippen molar-refractivity contribution in [3.05, 3.63) is 48.0 Å². The molecule has 0 heterocycles. The summed E-state index contributed by atoms with van der Waals surface area (Å²) in [6.07, 6.45) is 0. The van der Waals surface area contributed by atoms with E-state index in [1.807, 2.05) is 18.2 Å². The third kappa shape index (κ3) is 2.32. The Morgan fingerprint density at radius 2 is 1.56 bits per heavy atom. The second-order valence-electron chi connectivity index (χ2n) is 3.14. The van der Waals surface area contributed by atoms with E-state index in [-0.39, 0.29) is 35.1 Å². The molecule has 0 spiro atoms. The predicted molar refractivity (Wildman–Crippen MR) is 53.3 cm³/mol. The van der Waals surface area contributed by atoms with E-state index in [1.54, 1.807) is 18.2 Å². The molecule has 0 N–H and O–H groups in total. The van der Waals surface area contributed by atoms with E-state index in [0.717, 1.165) is 5.39 Å². The van der Waals surface area contributed by atoms with E-state index in [4.69, 9.17) is 0 Å². The largest absolute Gasteiger partial charge is 1.00 e. The maximum atomic E-state index is 11.3. The zero-order valence-electron chi connectivity index (χ0n) is 8.77. The third-order valence-corrected chi connectivity index (χ3v) is 2.22. The topological polar surface area (TPSA) is 57.2 Å². The Hall–Kier alpha value is -1.16. The Labute approximate surface area is 114 Å². The monoisotopic (exact) mass is 222 g/mol. The quantitative estimate of drug-likeness (QED) is 0.328. The van der Waals surface area contributed by atoms with Crippen LogP contribution in [0.15, 0.2) is 42.5 Å². The molecular weight excluding hydrogens is 215 g/mol. The number of carbonyl (C=O) groups is 2. The van der Waals surface area contributed by atoms with E-state index < -0.39 is 11.8 Å². The molecule has 4 heteroatoms. The minimum Gasteiger partial charge on any atom is -0.541 e. The van der Waals surface area contributed by atoms with Crippen LogP contribution < -0.4 is 34.7 Å². The number of carbonyl (C=O) groups excluding carboxylic acids is 2. The van der Waals surface area contributed by atoms with E-state index >= 15 is 0 Å². The summed E-state index contributed by atoms with van der Waals surface area (Å²) in [6.45, 7) is 0. The number of Topliss-reactive ketones (excluding diaryl/α,β-unsaturated/α-hetero) is 1. The minimum atomic E-state index is -1.67. The number of ketones is 1. The molecule has 0 bridgehead atoms. The van der Waals surface area contributed by atoms with Crippen molar-refractivity contribution in [3.8, 4) is 0 Å². The van der Waals surface area contributed by atoms with Crippen LogP contribution in [0.2, 0.25) is 0 Å². The molecule has 3 nitrogen and oxygen atoms in total. The number of fused-ring (bicyclic) bond motifs is 1. The Morgan fingerprint density at radius 3 is 2.25 bits per heavy atom. The summed E-state index contributed by atoms with van der Waals surface area (Å²) < 4.78 is 0. The van der Waals surface area contributed by atoms with Crippen LogP contribution in [0.5, 0.6) is 0 Å². The fraction of sp³-hybridized carbons (Fsp3) is 0. The molecule has 0 saturated heterocycles. The number of hydrogen-bond donors (Lipinski definition) is 0. The van der Waals surface area contributed by atoms with Gasteiger partial charge in [-0.3, -0.25) is 4.79 Å². The van der Waals surface area contributed by atoms with E-state index in [9.17, 15) is 14.7 Å². The summed E-state index contributed by atoms with van der Waals surface area (Å²) in [5.41, 5.74) is 0.174. The van der Waals surface area contributed by atoms with Crippen molar-refractivity contribution in [2.75, 3.05) is 0 Å². The molecule has 0 aliphatic rings. The van der Waals surface area contributed by atoms with Gasteiger partial charge in [0.1, 0.15) is 5.97 Å². The Bertz CT molecular complexity index is 543. The molecule has 2 rings (SSSR count). The van der Waals surface area contributed by atoms with Gasteiger partial charge in [-0.05, 0) is 10.8 Å². The summed E-state index contributed by atoms with van der Waals surface area (Å²) in [5, 5.41) is 12.0. The maximum absolute atomic E-state index is 11.3. The zero-order chi connectivity index (χ0) is 10.8. The molecule has 0 aliphatic heterocycles. The Morgan fingerprint density at radius 1 is 0.938 bits per heavy atom. The van der Waals surface area contributed by atoms with Crippen LogP contribution in [-0.2, 0) is 4.79 Å². The fourth-order valence-corrected chi connectivity index (χ4v) is 1.53. The Kier molecular flexibility index (Phi) is 4.24. The first kappa shape index (κ1) is 12.9. The van der Waals surface area contributed by atoms with Crippen LogP contribution in [0.1, 0.15) is 10.4 Å². The number of rotatable bonds is 2. The molecule has 0 aliphatic carbocycles. The molecule has 0 saturated carbocycles. The molecule has 2 aromatic rings. The van der Waals surface area contributed by atoms with Crippen LogP contribution in [0.25, 0.3) is 10.8 Å². The summed E-state index contributed by atoms with van der Waals surface area (Å²) >= 11 is 0. The molecule has 0 amide bonds. The van der Waals surface area contributed by atoms with Gasteiger partial charge in [-0.15, -0.1) is 0 Å². The number of carboxylic acid groups (broad SMARTS) is 1. The van der Waals surface area contributed by atoms with Gasteiger partial charge in [0, 0.05) is 5.56 Å². The number of carboxylic acids is 1. The third-order valence-electron chi connectivity index (χ3n) is 2.22. The van der Waals surface area contributed by atoms with Crippen molar-refractivity contribution in [1.82, 2.24) is 0 Å². The number of aliphatic carboxylic acids is 1. The van der Waals surface area contributed by atoms with Crippen molar-refractivity contribution >= 4 is 22.5 Å². The molecule has 0 fully saturated rings. The van der Waals surface area contributed by atoms with Crippen LogP contribution in [0, 0.1) is 0 Å². The predicted octanol–water partition coefficient (Wildman–Crippen LogP) is -2.22. The van der Waals surface area contributed by atoms with Crippen molar-refractivity contribution < 1.29 is 44.3 Å². The van der Waals surface area contributed by atoms with Crippen molar-refractivity contribution in [1.29, 1.82) is 0 Å². The first-order valence-corrected chi connectivity index (χ1v) is 4.43. The summed E-state index contributed by atoms with van der Waals surface area (Å²) in [7, 11) is 0. The van der Waals surface area contributed by atoms with Gasteiger partial charge < -0.3 is 9.90 Å². The van der Waals surface area contributed by atoms with E-state index in [1.165, 1.54) is 6.07 Å². The normalized spacial score (nSPS) is 9.50. The molecule has 0 atom stereocenters. The summed E-state index contributed by atoms with van der Waals surface area (Å²) in [5.74, 6) is -2.65.